The third-order valence-electron chi connectivity index (χ3n) is 3.08. The molecule has 2 N–H and O–H groups in total. The van der Waals surface area contributed by atoms with Crippen LogP contribution < -0.4 is 10.1 Å². The Morgan fingerprint density at radius 1 is 1.56 bits per heavy atom. The summed E-state index contributed by atoms with van der Waals surface area (Å²) in [4.78, 5) is 4.04. The third-order valence-corrected chi connectivity index (χ3v) is 3.08. The number of nitrogens with one attached hydrogen (secondary N) is 1. The molecule has 0 radical (unpaired) electrons. The van der Waals surface area contributed by atoms with Gasteiger partial charge in [0, 0.05) is 24.0 Å². The lowest BCUT2D eigenvalue weighted by Gasteiger charge is -2.28. The van der Waals surface area contributed by atoms with E-state index in [0.717, 1.165) is 24.9 Å². The zero-order valence-electron chi connectivity index (χ0n) is 9.52. The van der Waals surface area contributed by atoms with E-state index in [0.29, 0.717) is 5.75 Å². The molecular weight excluding hydrogens is 204 g/mol. The van der Waals surface area contributed by atoms with Gasteiger partial charge >= 0.3 is 0 Å². The first-order chi connectivity index (χ1) is 7.83. The lowest BCUT2D eigenvalue weighted by molar-refractivity contribution is 0.110. The Hall–Kier alpha value is -1.13. The van der Waals surface area contributed by atoms with Crippen molar-refractivity contribution < 1.29 is 9.84 Å². The molecule has 0 saturated carbocycles. The normalized spacial score (nSPS) is 22.8. The minimum atomic E-state index is -0.538. The van der Waals surface area contributed by atoms with Gasteiger partial charge in [-0.25, -0.2) is 0 Å². The second kappa shape index (κ2) is 5.27. The summed E-state index contributed by atoms with van der Waals surface area (Å²) in [5, 5.41) is 13.6. The molecule has 1 aromatic rings. The Labute approximate surface area is 95.7 Å². The highest BCUT2D eigenvalue weighted by atomic mass is 16.5. The van der Waals surface area contributed by atoms with Crippen molar-refractivity contribution in [3.05, 3.63) is 24.0 Å². The second-order valence-electron chi connectivity index (χ2n) is 4.12. The van der Waals surface area contributed by atoms with E-state index >= 15 is 0 Å². The van der Waals surface area contributed by atoms with E-state index in [-0.39, 0.29) is 6.04 Å². The molecule has 88 valence electrons. The van der Waals surface area contributed by atoms with Crippen LogP contribution in [0.2, 0.25) is 0 Å². The molecule has 1 aliphatic heterocycles. The Morgan fingerprint density at radius 3 is 3.12 bits per heavy atom. The minimum Gasteiger partial charge on any atom is -0.496 e. The lowest BCUT2D eigenvalue weighted by Crippen LogP contribution is -2.38. The van der Waals surface area contributed by atoms with Crippen molar-refractivity contribution in [2.24, 2.45) is 0 Å². The van der Waals surface area contributed by atoms with Gasteiger partial charge in [0.15, 0.2) is 0 Å². The fourth-order valence-electron chi connectivity index (χ4n) is 2.17. The number of aromatic nitrogens is 1. The van der Waals surface area contributed by atoms with Crippen molar-refractivity contribution in [2.75, 3.05) is 13.7 Å². The molecule has 1 aliphatic rings. The molecule has 2 rings (SSSR count). The maximum atomic E-state index is 10.3. The maximum Gasteiger partial charge on any atom is 0.127 e. The van der Waals surface area contributed by atoms with E-state index in [1.807, 2.05) is 0 Å². The van der Waals surface area contributed by atoms with Crippen LogP contribution in [0.1, 0.15) is 30.9 Å². The molecule has 0 aliphatic carbocycles. The highest BCUT2D eigenvalue weighted by Gasteiger charge is 2.25. The molecule has 0 bridgehead atoms. The van der Waals surface area contributed by atoms with Gasteiger partial charge in [-0.3, -0.25) is 4.98 Å². The first-order valence-corrected chi connectivity index (χ1v) is 5.72. The van der Waals surface area contributed by atoms with E-state index in [4.69, 9.17) is 4.74 Å². The van der Waals surface area contributed by atoms with Crippen molar-refractivity contribution in [2.45, 2.75) is 31.4 Å². The lowest BCUT2D eigenvalue weighted by atomic mass is 9.95. The van der Waals surface area contributed by atoms with Crippen molar-refractivity contribution in [3.63, 3.8) is 0 Å². The summed E-state index contributed by atoms with van der Waals surface area (Å²) in [6.45, 7) is 0.976. The summed E-state index contributed by atoms with van der Waals surface area (Å²) < 4.78 is 5.23. The first kappa shape index (κ1) is 11.4. The average Bonchev–Trinajstić information content (AvgIpc) is 2.39. The topological polar surface area (TPSA) is 54.4 Å². The van der Waals surface area contributed by atoms with E-state index in [9.17, 15) is 5.11 Å². The van der Waals surface area contributed by atoms with E-state index in [1.165, 1.54) is 6.42 Å². The number of piperidine rings is 1. The van der Waals surface area contributed by atoms with Gasteiger partial charge in [-0.05, 0) is 25.5 Å². The van der Waals surface area contributed by atoms with Gasteiger partial charge in [-0.15, -0.1) is 0 Å². The maximum absolute atomic E-state index is 10.3. The van der Waals surface area contributed by atoms with Gasteiger partial charge in [0.25, 0.3) is 0 Å². The molecule has 4 heteroatoms. The second-order valence-corrected chi connectivity index (χ2v) is 4.12. The van der Waals surface area contributed by atoms with Crippen LogP contribution in [0.5, 0.6) is 5.75 Å². The largest absolute Gasteiger partial charge is 0.496 e. The molecule has 1 aromatic heterocycles. The molecular formula is C12H18N2O2. The Balaban J connectivity index is 2.15. The molecule has 0 amide bonds. The summed E-state index contributed by atoms with van der Waals surface area (Å²) in [7, 11) is 1.61. The average molecular weight is 222 g/mol. The number of methoxy groups -OCH3 is 1. The van der Waals surface area contributed by atoms with E-state index in [2.05, 4.69) is 10.3 Å². The molecule has 1 fully saturated rings. The van der Waals surface area contributed by atoms with Crippen LogP contribution in [0, 0.1) is 0 Å². The fourth-order valence-corrected chi connectivity index (χ4v) is 2.17. The van der Waals surface area contributed by atoms with Crippen LogP contribution in [0.3, 0.4) is 0 Å². The predicted octanol–water partition coefficient (Wildman–Crippen LogP) is 1.27. The van der Waals surface area contributed by atoms with Crippen LogP contribution in [0.4, 0.5) is 0 Å². The SMILES string of the molecule is COc1ccncc1C(O)[C@@H]1CCCCN1. The number of aliphatic hydroxyl groups excluding tert-OH is 1. The van der Waals surface area contributed by atoms with E-state index < -0.39 is 6.10 Å². The summed E-state index contributed by atoms with van der Waals surface area (Å²) in [6.07, 6.45) is 6.16. The smallest absolute Gasteiger partial charge is 0.127 e. The highest BCUT2D eigenvalue weighted by molar-refractivity contribution is 5.32. The standard InChI is InChI=1S/C12H18N2O2/c1-16-11-5-7-13-8-9(11)12(15)10-4-2-3-6-14-10/h5,7-8,10,12,14-15H,2-4,6H2,1H3/t10-,12?/m0/s1. The first-order valence-electron chi connectivity index (χ1n) is 5.72. The zero-order valence-corrected chi connectivity index (χ0v) is 9.52. The van der Waals surface area contributed by atoms with Crippen LogP contribution >= 0.6 is 0 Å². The van der Waals surface area contributed by atoms with Crippen LogP contribution in [0.25, 0.3) is 0 Å². The molecule has 0 aromatic carbocycles. The van der Waals surface area contributed by atoms with Crippen LogP contribution in [0.15, 0.2) is 18.5 Å². The van der Waals surface area contributed by atoms with Crippen LogP contribution in [-0.2, 0) is 0 Å². The van der Waals surface area contributed by atoms with Gasteiger partial charge in [-0.1, -0.05) is 6.42 Å². The number of nitrogens with zero attached hydrogens (tertiary/aromatic N) is 1. The molecule has 4 nitrogen and oxygen atoms in total. The number of hydrogen-bond donors (Lipinski definition) is 2. The Morgan fingerprint density at radius 2 is 2.44 bits per heavy atom. The zero-order chi connectivity index (χ0) is 11.4. The number of aliphatic hydroxyl groups is 1. The quantitative estimate of drug-likeness (QED) is 0.808. The highest BCUT2D eigenvalue weighted by Crippen LogP contribution is 2.28. The molecule has 1 unspecified atom stereocenters. The van der Waals surface area contributed by atoms with Crippen molar-refractivity contribution in [1.82, 2.24) is 10.3 Å². The third kappa shape index (κ3) is 2.33. The summed E-state index contributed by atoms with van der Waals surface area (Å²) in [5.74, 6) is 0.704. The van der Waals surface area contributed by atoms with Gasteiger partial charge in [-0.2, -0.15) is 0 Å². The number of rotatable bonds is 3. The van der Waals surface area contributed by atoms with Gasteiger partial charge < -0.3 is 15.2 Å². The fraction of sp³-hybridized carbons (Fsp3) is 0.583. The van der Waals surface area contributed by atoms with Crippen LogP contribution in [-0.4, -0.2) is 29.8 Å². The molecule has 2 atom stereocenters. The number of ether oxygens (including phenoxy) is 1. The summed E-state index contributed by atoms with van der Waals surface area (Å²) in [5.41, 5.74) is 0.768. The van der Waals surface area contributed by atoms with Crippen molar-refractivity contribution in [1.29, 1.82) is 0 Å². The molecule has 0 spiro atoms. The van der Waals surface area contributed by atoms with Gasteiger partial charge in [0.2, 0.25) is 0 Å². The number of pyridine rings is 1. The number of hydrogen-bond acceptors (Lipinski definition) is 4. The van der Waals surface area contributed by atoms with E-state index in [1.54, 1.807) is 25.6 Å². The van der Waals surface area contributed by atoms with Gasteiger partial charge in [0.1, 0.15) is 5.75 Å². The molecule has 16 heavy (non-hydrogen) atoms. The Kier molecular flexibility index (Phi) is 3.74. The van der Waals surface area contributed by atoms with Crippen molar-refractivity contribution >= 4 is 0 Å². The monoisotopic (exact) mass is 222 g/mol. The predicted molar refractivity (Wildman–Crippen MR) is 61.4 cm³/mol. The minimum absolute atomic E-state index is 0.117. The summed E-state index contributed by atoms with van der Waals surface area (Å²) in [6, 6.07) is 1.90. The molecule has 2 heterocycles. The molecule has 1 saturated heterocycles. The van der Waals surface area contributed by atoms with Crippen molar-refractivity contribution in [3.8, 4) is 5.75 Å². The Bertz CT molecular complexity index is 338. The summed E-state index contributed by atoms with van der Waals surface area (Å²) >= 11 is 0. The van der Waals surface area contributed by atoms with Gasteiger partial charge in [0.05, 0.1) is 13.2 Å².